The lowest BCUT2D eigenvalue weighted by atomic mass is 9.99. The first kappa shape index (κ1) is 94.1. The minimum Gasteiger partial charge on any atom is -0.462 e. The lowest BCUT2D eigenvalue weighted by Crippen LogP contribution is -2.30. The van der Waals surface area contributed by atoms with Gasteiger partial charge in [-0.05, 0) is 43.4 Å². The summed E-state index contributed by atoms with van der Waals surface area (Å²) in [5.41, 5.74) is 0. The van der Waals surface area contributed by atoms with Crippen LogP contribution in [0.2, 0.25) is 0 Å². The summed E-state index contributed by atoms with van der Waals surface area (Å²) in [4.78, 5) is 72.8. The minimum absolute atomic E-state index is 0.104. The van der Waals surface area contributed by atoms with Crippen molar-refractivity contribution < 1.29 is 80.2 Å². The van der Waals surface area contributed by atoms with Crippen LogP contribution in [-0.4, -0.2) is 96.7 Å². The molecule has 19 heteroatoms. The molecular formula is C77H150O17P2. The predicted molar refractivity (Wildman–Crippen MR) is 391 cm³/mol. The number of ether oxygens (including phenoxy) is 4. The zero-order chi connectivity index (χ0) is 70.9. The summed E-state index contributed by atoms with van der Waals surface area (Å²) in [5, 5.41) is 10.6. The summed E-state index contributed by atoms with van der Waals surface area (Å²) < 4.78 is 68.5. The molecule has 0 bridgehead atoms. The molecular weight excluding hydrogens is 1260 g/mol. The quantitative estimate of drug-likeness (QED) is 0.0222. The topological polar surface area (TPSA) is 237 Å². The lowest BCUT2D eigenvalue weighted by molar-refractivity contribution is -0.161. The van der Waals surface area contributed by atoms with Gasteiger partial charge in [0.25, 0.3) is 0 Å². The largest absolute Gasteiger partial charge is 0.472 e. The first-order valence-corrected chi connectivity index (χ1v) is 42.9. The van der Waals surface area contributed by atoms with Crippen LogP contribution in [0.4, 0.5) is 0 Å². The van der Waals surface area contributed by atoms with Crippen LogP contribution in [0.3, 0.4) is 0 Å². The van der Waals surface area contributed by atoms with Crippen LogP contribution in [0.1, 0.15) is 395 Å². The fraction of sp³-hybridized carbons (Fsp3) is 0.948. The van der Waals surface area contributed by atoms with Gasteiger partial charge >= 0.3 is 39.5 Å². The molecule has 0 rings (SSSR count). The van der Waals surface area contributed by atoms with Gasteiger partial charge in [0.2, 0.25) is 0 Å². The van der Waals surface area contributed by atoms with Crippen molar-refractivity contribution in [2.75, 3.05) is 39.6 Å². The number of aliphatic hydroxyl groups excluding tert-OH is 1. The number of hydrogen-bond donors (Lipinski definition) is 3. The van der Waals surface area contributed by atoms with E-state index in [0.717, 1.165) is 108 Å². The first-order valence-electron chi connectivity index (χ1n) is 39.9. The van der Waals surface area contributed by atoms with Gasteiger partial charge in [0.1, 0.15) is 19.3 Å². The third-order valence-electron chi connectivity index (χ3n) is 18.2. The van der Waals surface area contributed by atoms with Crippen LogP contribution in [0.25, 0.3) is 0 Å². The molecule has 0 aliphatic rings. The Hall–Kier alpha value is -1.94. The van der Waals surface area contributed by atoms with E-state index in [-0.39, 0.29) is 25.7 Å². The minimum atomic E-state index is -4.96. The molecule has 0 spiro atoms. The molecule has 0 amide bonds. The maximum Gasteiger partial charge on any atom is 0.472 e. The average molecular weight is 1410 g/mol. The van der Waals surface area contributed by atoms with Crippen molar-refractivity contribution >= 4 is 39.5 Å². The van der Waals surface area contributed by atoms with Crippen LogP contribution < -0.4 is 0 Å². The Kier molecular flexibility index (Phi) is 66.2. The number of phosphoric ester groups is 2. The smallest absolute Gasteiger partial charge is 0.462 e. The summed E-state index contributed by atoms with van der Waals surface area (Å²) in [6.45, 7) is 11.8. The molecule has 0 saturated carbocycles. The normalized spacial score (nSPS) is 14.3. The van der Waals surface area contributed by atoms with Crippen molar-refractivity contribution in [3.63, 3.8) is 0 Å². The number of phosphoric acid groups is 2. The Labute approximate surface area is 588 Å². The van der Waals surface area contributed by atoms with Gasteiger partial charge in [-0.15, -0.1) is 0 Å². The number of aliphatic hydroxyl groups is 1. The third-order valence-corrected chi connectivity index (χ3v) is 20.1. The second-order valence-electron chi connectivity index (χ2n) is 28.9. The van der Waals surface area contributed by atoms with Gasteiger partial charge in [0.15, 0.2) is 12.2 Å². The van der Waals surface area contributed by atoms with E-state index < -0.39 is 97.5 Å². The highest BCUT2D eigenvalue weighted by atomic mass is 31.2. The van der Waals surface area contributed by atoms with Crippen LogP contribution in [0.15, 0.2) is 0 Å². The van der Waals surface area contributed by atoms with Crippen molar-refractivity contribution in [3.8, 4) is 0 Å². The highest BCUT2D eigenvalue weighted by Crippen LogP contribution is 2.45. The number of esters is 4. The fourth-order valence-corrected chi connectivity index (χ4v) is 13.3. The SMILES string of the molecule is CCCCCCCCCCCCCCCCCCCCCCCC(=O)O[C@H](COC(=O)CCCCCCCCCCCCC(C)C)COP(=O)(O)OC[C@@H](O)COP(=O)(O)OC[C@@H](COC(=O)CCCCCCCCCC(C)C)OC(=O)CCCCCCCCCCC(C)CC. The van der Waals surface area contributed by atoms with Crippen LogP contribution in [-0.2, 0) is 65.4 Å². The van der Waals surface area contributed by atoms with E-state index in [9.17, 15) is 43.2 Å². The maximum atomic E-state index is 13.1. The van der Waals surface area contributed by atoms with E-state index in [2.05, 4.69) is 48.5 Å². The number of carbonyl (C=O) groups excluding carboxylic acids is 4. The number of carbonyl (C=O) groups is 4. The van der Waals surface area contributed by atoms with E-state index in [1.165, 1.54) is 199 Å². The molecule has 0 saturated heterocycles. The molecule has 3 N–H and O–H groups in total. The van der Waals surface area contributed by atoms with Gasteiger partial charge < -0.3 is 33.8 Å². The van der Waals surface area contributed by atoms with Gasteiger partial charge in [0.05, 0.1) is 26.4 Å². The molecule has 6 atom stereocenters. The molecule has 0 aromatic heterocycles. The Morgan fingerprint density at radius 2 is 0.531 bits per heavy atom. The van der Waals surface area contributed by atoms with Gasteiger partial charge in [-0.1, -0.05) is 344 Å². The number of rotatable bonds is 75. The monoisotopic (exact) mass is 1410 g/mol. The molecule has 96 heavy (non-hydrogen) atoms. The van der Waals surface area contributed by atoms with Crippen molar-refractivity contribution in [2.45, 2.75) is 414 Å². The molecule has 0 aliphatic heterocycles. The number of hydrogen-bond acceptors (Lipinski definition) is 15. The summed E-state index contributed by atoms with van der Waals surface area (Å²) in [6, 6.07) is 0. The van der Waals surface area contributed by atoms with Crippen LogP contribution >= 0.6 is 15.6 Å². The van der Waals surface area contributed by atoms with E-state index in [0.29, 0.717) is 31.6 Å². The van der Waals surface area contributed by atoms with E-state index in [1.807, 2.05) is 0 Å². The highest BCUT2D eigenvalue weighted by molar-refractivity contribution is 7.47. The number of unbranched alkanes of at least 4 members (excludes halogenated alkanes) is 42. The Balaban J connectivity index is 5.21. The van der Waals surface area contributed by atoms with Crippen molar-refractivity contribution in [3.05, 3.63) is 0 Å². The first-order chi connectivity index (χ1) is 46.3. The van der Waals surface area contributed by atoms with Gasteiger partial charge in [-0.3, -0.25) is 37.3 Å². The zero-order valence-corrected chi connectivity index (χ0v) is 64.6. The standard InChI is InChI=1S/C77H150O17P2/c1-8-10-11-12-13-14-15-16-17-18-19-20-21-22-23-24-25-30-38-46-53-60-76(81)93-72(64-87-74(79)58-51-44-37-29-27-26-28-34-41-48-55-68(3)4)66-91-95(83,84)89-62-71(78)63-90-96(85,86)92-67-73(65-88-75(80)59-52-45-40-33-35-42-49-56-69(5)6)94-77(82)61-54-47-39-32-31-36-43-50-57-70(7)9-2/h68-73,78H,8-67H2,1-7H3,(H,83,84)(H,85,86)/t70?,71-,72-,73-/m1/s1. The lowest BCUT2D eigenvalue weighted by Gasteiger charge is -2.21. The highest BCUT2D eigenvalue weighted by Gasteiger charge is 2.30. The predicted octanol–water partition coefficient (Wildman–Crippen LogP) is 22.6. The summed E-state index contributed by atoms with van der Waals surface area (Å²) >= 11 is 0. The molecule has 0 aromatic carbocycles. The molecule has 0 aliphatic carbocycles. The molecule has 17 nitrogen and oxygen atoms in total. The fourth-order valence-electron chi connectivity index (χ4n) is 11.7. The summed E-state index contributed by atoms with van der Waals surface area (Å²) in [7, 11) is -9.91. The van der Waals surface area contributed by atoms with Gasteiger partial charge in [0, 0.05) is 25.7 Å². The van der Waals surface area contributed by atoms with Gasteiger partial charge in [-0.25, -0.2) is 9.13 Å². The third kappa shape index (κ3) is 69.2. The van der Waals surface area contributed by atoms with E-state index >= 15 is 0 Å². The molecule has 0 radical (unpaired) electrons. The average Bonchev–Trinajstić information content (AvgIpc) is 1.34. The molecule has 0 heterocycles. The molecule has 0 fully saturated rings. The molecule has 0 aromatic rings. The summed E-state index contributed by atoms with van der Waals surface area (Å²) in [6.07, 6.45) is 54.3. The second-order valence-corrected chi connectivity index (χ2v) is 31.8. The summed E-state index contributed by atoms with van der Waals surface area (Å²) in [5.74, 6) is 0.112. The maximum absolute atomic E-state index is 13.1. The van der Waals surface area contributed by atoms with E-state index in [1.54, 1.807) is 0 Å². The Bertz CT molecular complexity index is 1870. The Morgan fingerprint density at radius 1 is 0.302 bits per heavy atom. The van der Waals surface area contributed by atoms with Crippen molar-refractivity contribution in [2.24, 2.45) is 17.8 Å². The van der Waals surface area contributed by atoms with Crippen LogP contribution in [0, 0.1) is 17.8 Å². The Morgan fingerprint density at radius 3 is 0.792 bits per heavy atom. The molecule has 570 valence electrons. The van der Waals surface area contributed by atoms with Gasteiger partial charge in [-0.2, -0.15) is 0 Å². The van der Waals surface area contributed by atoms with Crippen LogP contribution in [0.5, 0.6) is 0 Å². The van der Waals surface area contributed by atoms with E-state index in [4.69, 9.17) is 37.0 Å². The zero-order valence-electron chi connectivity index (χ0n) is 62.8. The van der Waals surface area contributed by atoms with Crippen molar-refractivity contribution in [1.29, 1.82) is 0 Å². The second kappa shape index (κ2) is 67.5. The molecule has 3 unspecified atom stereocenters. The van der Waals surface area contributed by atoms with Crippen molar-refractivity contribution in [1.82, 2.24) is 0 Å².